The maximum atomic E-state index is 11.0. The highest BCUT2D eigenvalue weighted by Gasteiger charge is 2.08. The van der Waals surface area contributed by atoms with Gasteiger partial charge in [-0.05, 0) is 12.1 Å². The lowest BCUT2D eigenvalue weighted by Gasteiger charge is -2.06. The molecular weight excluding hydrogens is 216 g/mol. The first-order valence-corrected chi connectivity index (χ1v) is 4.70. The van der Waals surface area contributed by atoms with Gasteiger partial charge in [0.2, 0.25) is 0 Å². The molecule has 0 aliphatic carbocycles. The Hall–Kier alpha value is -1.68. The van der Waals surface area contributed by atoms with E-state index in [1.54, 1.807) is 12.3 Å². The lowest BCUT2D eigenvalue weighted by Crippen LogP contribution is -2.11. The molecule has 4 nitrogen and oxygen atoms in total. The van der Waals surface area contributed by atoms with Crippen LogP contribution in [0.2, 0.25) is 5.02 Å². The van der Waals surface area contributed by atoms with Crippen LogP contribution >= 0.6 is 11.6 Å². The molecule has 0 saturated carbocycles. The van der Waals surface area contributed by atoms with Gasteiger partial charge in [-0.15, -0.1) is 0 Å². The number of benzene rings is 1. The normalized spacial score (nSPS) is 10.3. The molecule has 0 atom stereocenters. The van der Waals surface area contributed by atoms with Gasteiger partial charge in [0.15, 0.2) is 0 Å². The van der Waals surface area contributed by atoms with Crippen molar-refractivity contribution in [3.05, 3.63) is 29.4 Å². The van der Waals surface area contributed by atoms with Crippen LogP contribution in [0.4, 0.5) is 10.5 Å². The second-order valence-electron chi connectivity index (χ2n) is 2.99. The van der Waals surface area contributed by atoms with Gasteiger partial charge < -0.3 is 9.72 Å². The number of methoxy groups -OCH3 is 1. The van der Waals surface area contributed by atoms with Gasteiger partial charge in [0, 0.05) is 11.6 Å². The summed E-state index contributed by atoms with van der Waals surface area (Å²) in [7, 11) is 1.30. The van der Waals surface area contributed by atoms with Crippen molar-refractivity contribution in [1.82, 2.24) is 4.98 Å². The van der Waals surface area contributed by atoms with Gasteiger partial charge in [0.05, 0.1) is 23.3 Å². The summed E-state index contributed by atoms with van der Waals surface area (Å²) in [5.74, 6) is 0. The molecule has 0 bridgehead atoms. The molecule has 2 N–H and O–H groups in total. The van der Waals surface area contributed by atoms with Crippen molar-refractivity contribution in [3.8, 4) is 0 Å². The van der Waals surface area contributed by atoms with Crippen molar-refractivity contribution in [2.75, 3.05) is 12.4 Å². The molecule has 0 unspecified atom stereocenters. The van der Waals surface area contributed by atoms with Crippen LogP contribution < -0.4 is 5.32 Å². The number of aromatic nitrogens is 1. The molecule has 15 heavy (non-hydrogen) atoms. The smallest absolute Gasteiger partial charge is 0.411 e. The molecule has 0 fully saturated rings. The van der Waals surface area contributed by atoms with E-state index < -0.39 is 6.09 Å². The van der Waals surface area contributed by atoms with Crippen molar-refractivity contribution in [3.63, 3.8) is 0 Å². The molecular formula is C10H9ClN2O2. The number of carbonyl (C=O) groups excluding carboxylic acids is 1. The van der Waals surface area contributed by atoms with Gasteiger partial charge in [0.25, 0.3) is 0 Å². The number of hydrogen-bond acceptors (Lipinski definition) is 2. The van der Waals surface area contributed by atoms with Gasteiger partial charge in [-0.3, -0.25) is 5.32 Å². The summed E-state index contributed by atoms with van der Waals surface area (Å²) in [5.41, 5.74) is 1.32. The van der Waals surface area contributed by atoms with E-state index >= 15 is 0 Å². The van der Waals surface area contributed by atoms with Crippen LogP contribution in [0, 0.1) is 0 Å². The Labute approximate surface area is 91.2 Å². The number of aromatic amines is 1. The Kier molecular flexibility index (Phi) is 2.51. The molecule has 0 radical (unpaired) electrons. The number of amides is 1. The van der Waals surface area contributed by atoms with Gasteiger partial charge in [-0.2, -0.15) is 0 Å². The van der Waals surface area contributed by atoms with E-state index in [9.17, 15) is 4.79 Å². The molecule has 0 saturated heterocycles. The first kappa shape index (κ1) is 9.86. The molecule has 1 heterocycles. The standard InChI is InChI=1S/C10H9ClN2O2/c1-15-10(14)13-7-3-2-6-4-5-12-9(6)8(7)11/h2-5,12H,1H3,(H,13,14). The van der Waals surface area contributed by atoms with Crippen molar-refractivity contribution in [1.29, 1.82) is 0 Å². The molecule has 1 aromatic carbocycles. The lowest BCUT2D eigenvalue weighted by molar-refractivity contribution is 0.187. The quantitative estimate of drug-likeness (QED) is 0.782. The summed E-state index contributed by atoms with van der Waals surface area (Å²) >= 11 is 6.08. The molecule has 0 spiro atoms. The van der Waals surface area contributed by atoms with Crippen molar-refractivity contribution >= 4 is 34.3 Å². The average molecular weight is 225 g/mol. The minimum Gasteiger partial charge on any atom is -0.453 e. The summed E-state index contributed by atoms with van der Waals surface area (Å²) in [6, 6.07) is 5.50. The van der Waals surface area contributed by atoms with Crippen LogP contribution in [-0.4, -0.2) is 18.2 Å². The van der Waals surface area contributed by atoms with Crippen LogP contribution in [0.1, 0.15) is 0 Å². The fraction of sp³-hybridized carbons (Fsp3) is 0.100. The zero-order valence-electron chi connectivity index (χ0n) is 8.00. The Balaban J connectivity index is 2.43. The fourth-order valence-electron chi connectivity index (χ4n) is 1.35. The fourth-order valence-corrected chi connectivity index (χ4v) is 1.62. The number of fused-ring (bicyclic) bond motifs is 1. The number of anilines is 1. The molecule has 2 aromatic rings. The Morgan fingerprint density at radius 3 is 3.00 bits per heavy atom. The van der Waals surface area contributed by atoms with Crippen LogP contribution in [0.3, 0.4) is 0 Å². The molecule has 0 aliphatic heterocycles. The number of hydrogen-bond donors (Lipinski definition) is 2. The topological polar surface area (TPSA) is 54.1 Å². The zero-order valence-corrected chi connectivity index (χ0v) is 8.76. The minimum atomic E-state index is -0.539. The van der Waals surface area contributed by atoms with E-state index in [0.29, 0.717) is 10.7 Å². The number of nitrogens with one attached hydrogen (secondary N) is 2. The molecule has 1 amide bonds. The Bertz CT molecular complexity index is 507. The minimum absolute atomic E-state index is 0.475. The molecule has 1 aromatic heterocycles. The zero-order chi connectivity index (χ0) is 10.8. The van der Waals surface area contributed by atoms with Crippen molar-refractivity contribution in [2.24, 2.45) is 0 Å². The van der Waals surface area contributed by atoms with Crippen LogP contribution in [0.25, 0.3) is 10.9 Å². The highest BCUT2D eigenvalue weighted by Crippen LogP contribution is 2.29. The summed E-state index contributed by atoms with van der Waals surface area (Å²) < 4.78 is 4.48. The maximum Gasteiger partial charge on any atom is 0.411 e. The van der Waals surface area contributed by atoms with E-state index in [-0.39, 0.29) is 0 Å². The maximum absolute atomic E-state index is 11.0. The molecule has 0 aliphatic rings. The van der Waals surface area contributed by atoms with E-state index in [1.165, 1.54) is 7.11 Å². The van der Waals surface area contributed by atoms with Crippen LogP contribution in [0.5, 0.6) is 0 Å². The van der Waals surface area contributed by atoms with Crippen molar-refractivity contribution in [2.45, 2.75) is 0 Å². The third-order valence-electron chi connectivity index (χ3n) is 2.09. The average Bonchev–Trinajstić information content (AvgIpc) is 2.70. The van der Waals surface area contributed by atoms with Crippen LogP contribution in [0.15, 0.2) is 24.4 Å². The van der Waals surface area contributed by atoms with Gasteiger partial charge in [-0.25, -0.2) is 4.79 Å². The van der Waals surface area contributed by atoms with Crippen LogP contribution in [-0.2, 0) is 4.74 Å². The van der Waals surface area contributed by atoms with Gasteiger partial charge in [0.1, 0.15) is 0 Å². The second-order valence-corrected chi connectivity index (χ2v) is 3.36. The Morgan fingerprint density at radius 1 is 1.47 bits per heavy atom. The number of carbonyl (C=O) groups is 1. The monoisotopic (exact) mass is 224 g/mol. The summed E-state index contributed by atoms with van der Waals surface area (Å²) in [4.78, 5) is 14.0. The first-order chi connectivity index (χ1) is 7.22. The van der Waals surface area contributed by atoms with Gasteiger partial charge >= 0.3 is 6.09 Å². The van der Waals surface area contributed by atoms with E-state index in [2.05, 4.69) is 15.0 Å². The third kappa shape index (κ3) is 1.76. The highest BCUT2D eigenvalue weighted by atomic mass is 35.5. The number of ether oxygens (including phenoxy) is 1. The third-order valence-corrected chi connectivity index (χ3v) is 2.48. The second kappa shape index (κ2) is 3.82. The van der Waals surface area contributed by atoms with E-state index in [4.69, 9.17) is 11.6 Å². The first-order valence-electron chi connectivity index (χ1n) is 4.33. The molecule has 5 heteroatoms. The predicted octanol–water partition coefficient (Wildman–Crippen LogP) is 3.00. The number of H-pyrrole nitrogens is 1. The lowest BCUT2D eigenvalue weighted by atomic mass is 10.2. The van der Waals surface area contributed by atoms with Gasteiger partial charge in [-0.1, -0.05) is 17.7 Å². The predicted molar refractivity (Wildman–Crippen MR) is 59.3 cm³/mol. The summed E-state index contributed by atoms with van der Waals surface area (Å²) in [6.45, 7) is 0. The molecule has 2 rings (SSSR count). The Morgan fingerprint density at radius 2 is 2.27 bits per heavy atom. The van der Waals surface area contributed by atoms with Crippen molar-refractivity contribution < 1.29 is 9.53 Å². The summed E-state index contributed by atoms with van der Waals surface area (Å²) in [5, 5.41) is 4.00. The molecule has 78 valence electrons. The highest BCUT2D eigenvalue weighted by molar-refractivity contribution is 6.38. The van der Waals surface area contributed by atoms with E-state index in [1.807, 2.05) is 12.1 Å². The number of halogens is 1. The number of rotatable bonds is 1. The van der Waals surface area contributed by atoms with E-state index in [0.717, 1.165) is 10.9 Å². The largest absolute Gasteiger partial charge is 0.453 e. The SMILES string of the molecule is COC(=O)Nc1ccc2cc[nH]c2c1Cl. The summed E-state index contributed by atoms with van der Waals surface area (Å²) in [6.07, 6.45) is 1.25.